The first-order valence-electron chi connectivity index (χ1n) is 7.99. The molecule has 0 saturated carbocycles. The highest BCUT2D eigenvalue weighted by Crippen LogP contribution is 2.22. The summed E-state index contributed by atoms with van der Waals surface area (Å²) in [6.45, 7) is 4.59. The summed E-state index contributed by atoms with van der Waals surface area (Å²) in [7, 11) is -4.10. The van der Waals surface area contributed by atoms with E-state index in [4.69, 9.17) is 0 Å². The van der Waals surface area contributed by atoms with Gasteiger partial charge in [0.05, 0.1) is 21.6 Å². The molecule has 2 aromatic carbocycles. The van der Waals surface area contributed by atoms with Gasteiger partial charge in [0.25, 0.3) is 10.0 Å². The summed E-state index contributed by atoms with van der Waals surface area (Å²) < 4.78 is 56.6. The van der Waals surface area contributed by atoms with Gasteiger partial charge in [0.2, 0.25) is 0 Å². The van der Waals surface area contributed by atoms with Crippen molar-refractivity contribution in [3.63, 3.8) is 0 Å². The molecule has 0 fully saturated rings. The predicted molar refractivity (Wildman–Crippen MR) is 94.7 cm³/mol. The van der Waals surface area contributed by atoms with Crippen LogP contribution >= 0.6 is 0 Å². The zero-order valence-corrected chi connectivity index (χ0v) is 15.0. The molecule has 0 spiro atoms. The average Bonchev–Trinajstić information content (AvgIpc) is 2.86. The molecule has 0 atom stereocenters. The molecule has 0 radical (unpaired) electrons. The number of aryl methyl sites for hydroxylation is 2. The van der Waals surface area contributed by atoms with Gasteiger partial charge in [0.1, 0.15) is 0 Å². The molecule has 1 aromatic heterocycles. The second-order valence-corrected chi connectivity index (χ2v) is 7.34. The fourth-order valence-electron chi connectivity index (χ4n) is 2.85. The molecular weight excluding hydrogens is 364 g/mol. The van der Waals surface area contributed by atoms with Crippen molar-refractivity contribution >= 4 is 26.7 Å². The number of fused-ring (bicyclic) bond motifs is 1. The number of halogens is 2. The number of imidazole rings is 1. The Bertz CT molecular complexity index is 1150. The lowest BCUT2D eigenvalue weighted by Crippen LogP contribution is -2.23. The van der Waals surface area contributed by atoms with Crippen LogP contribution in [0.3, 0.4) is 0 Å². The van der Waals surface area contributed by atoms with Gasteiger partial charge in [-0.25, -0.2) is 22.0 Å². The van der Waals surface area contributed by atoms with Crippen LogP contribution in [0.2, 0.25) is 0 Å². The molecule has 9 heteroatoms. The number of hydrogen-bond acceptors (Lipinski definition) is 3. The topological polar surface area (TPSA) is 73.1 Å². The molecule has 3 aromatic rings. The summed E-state index contributed by atoms with van der Waals surface area (Å²) in [5.41, 5.74) is 1.32. The van der Waals surface area contributed by atoms with Crippen molar-refractivity contribution in [2.75, 3.05) is 4.72 Å². The number of hydrogen-bond donors (Lipinski definition) is 1. The molecule has 0 aliphatic carbocycles. The molecular formula is C17H17F2N3O3S. The average molecular weight is 381 g/mol. The van der Waals surface area contributed by atoms with Crippen molar-refractivity contribution in [2.24, 2.45) is 0 Å². The Balaban J connectivity index is 2.06. The molecule has 6 nitrogen and oxygen atoms in total. The maximum absolute atomic E-state index is 13.3. The lowest BCUT2D eigenvalue weighted by Gasteiger charge is -2.09. The number of sulfonamides is 1. The quantitative estimate of drug-likeness (QED) is 0.739. The van der Waals surface area contributed by atoms with Gasteiger partial charge < -0.3 is 0 Å². The Morgan fingerprint density at radius 3 is 2.19 bits per heavy atom. The Morgan fingerprint density at radius 2 is 1.58 bits per heavy atom. The van der Waals surface area contributed by atoms with Crippen molar-refractivity contribution in [3.05, 3.63) is 58.5 Å². The lowest BCUT2D eigenvalue weighted by atomic mass is 10.3. The molecule has 0 amide bonds. The maximum Gasteiger partial charge on any atom is 0.329 e. The van der Waals surface area contributed by atoms with Crippen LogP contribution in [-0.2, 0) is 23.1 Å². The molecule has 3 rings (SSSR count). The van der Waals surface area contributed by atoms with Gasteiger partial charge in [-0.2, -0.15) is 0 Å². The highest BCUT2D eigenvalue weighted by atomic mass is 32.2. The number of aromatic nitrogens is 2. The Labute approximate surface area is 148 Å². The van der Waals surface area contributed by atoms with Gasteiger partial charge in [0.15, 0.2) is 11.6 Å². The molecule has 1 heterocycles. The van der Waals surface area contributed by atoms with E-state index in [2.05, 4.69) is 4.72 Å². The van der Waals surface area contributed by atoms with Crippen molar-refractivity contribution < 1.29 is 17.2 Å². The lowest BCUT2D eigenvalue weighted by molar-refractivity contribution is 0.504. The molecule has 0 unspecified atom stereocenters. The first-order valence-corrected chi connectivity index (χ1v) is 9.47. The van der Waals surface area contributed by atoms with Crippen molar-refractivity contribution in [1.29, 1.82) is 0 Å². The van der Waals surface area contributed by atoms with Crippen molar-refractivity contribution in [2.45, 2.75) is 31.8 Å². The number of benzene rings is 2. The van der Waals surface area contributed by atoms with Gasteiger partial charge in [-0.1, -0.05) is 0 Å². The molecule has 0 saturated heterocycles. The third kappa shape index (κ3) is 2.98. The van der Waals surface area contributed by atoms with Crippen LogP contribution in [0.15, 0.2) is 46.1 Å². The molecule has 138 valence electrons. The highest BCUT2D eigenvalue weighted by Gasteiger charge is 2.18. The second-order valence-electron chi connectivity index (χ2n) is 5.66. The smallest absolute Gasteiger partial charge is 0.292 e. The van der Waals surface area contributed by atoms with Gasteiger partial charge >= 0.3 is 5.69 Å². The maximum atomic E-state index is 13.3. The monoisotopic (exact) mass is 381 g/mol. The van der Waals surface area contributed by atoms with E-state index in [-0.39, 0.29) is 11.4 Å². The number of nitrogens with zero attached hydrogens (tertiary/aromatic N) is 2. The van der Waals surface area contributed by atoms with E-state index in [0.29, 0.717) is 30.2 Å². The number of anilines is 1. The minimum absolute atomic E-state index is 0.175. The minimum atomic E-state index is -4.10. The highest BCUT2D eigenvalue weighted by molar-refractivity contribution is 7.92. The Hall–Kier alpha value is -2.68. The predicted octanol–water partition coefficient (Wildman–Crippen LogP) is 2.92. The molecule has 26 heavy (non-hydrogen) atoms. The number of nitrogens with one attached hydrogen (secondary N) is 1. The summed E-state index contributed by atoms with van der Waals surface area (Å²) in [5, 5.41) is 0. The Kier molecular flexibility index (Phi) is 4.57. The summed E-state index contributed by atoms with van der Waals surface area (Å²) in [6, 6.07) is 7.06. The fourth-order valence-corrected chi connectivity index (χ4v) is 3.91. The van der Waals surface area contributed by atoms with Gasteiger partial charge in [-0.05, 0) is 50.2 Å². The van der Waals surface area contributed by atoms with Crippen LogP contribution in [0.25, 0.3) is 11.0 Å². The standard InChI is InChI=1S/C17H17F2N3O3S/c1-3-21-15-8-5-11(9-16(15)22(4-2)17(21)23)20-26(24,25)12-6-7-13(18)14(19)10-12/h5-10,20H,3-4H2,1-2H3. The first kappa shape index (κ1) is 18.1. The van der Waals surface area contributed by atoms with Crippen LogP contribution in [-0.4, -0.2) is 17.6 Å². The van der Waals surface area contributed by atoms with Crippen LogP contribution in [0.4, 0.5) is 14.5 Å². The van der Waals surface area contributed by atoms with Gasteiger partial charge in [-0.3, -0.25) is 13.9 Å². The van der Waals surface area contributed by atoms with E-state index in [0.717, 1.165) is 12.1 Å². The summed E-state index contributed by atoms with van der Waals surface area (Å²) in [6.07, 6.45) is 0. The third-order valence-corrected chi connectivity index (χ3v) is 5.48. The number of rotatable bonds is 5. The van der Waals surface area contributed by atoms with Crippen LogP contribution in [0.1, 0.15) is 13.8 Å². The minimum Gasteiger partial charge on any atom is -0.292 e. The SMILES string of the molecule is CCn1c(=O)n(CC)c2cc(NS(=O)(=O)c3ccc(F)c(F)c3)ccc21. The largest absolute Gasteiger partial charge is 0.329 e. The summed E-state index contributed by atoms with van der Waals surface area (Å²) in [4.78, 5) is 12.0. The van der Waals surface area contributed by atoms with Crippen LogP contribution in [0.5, 0.6) is 0 Å². The van der Waals surface area contributed by atoms with Gasteiger partial charge in [0, 0.05) is 13.1 Å². The van der Waals surface area contributed by atoms with E-state index in [1.165, 1.54) is 10.6 Å². The summed E-state index contributed by atoms with van der Waals surface area (Å²) in [5.74, 6) is -2.37. The normalized spacial score (nSPS) is 11.8. The van der Waals surface area contributed by atoms with E-state index in [1.807, 2.05) is 13.8 Å². The molecule has 0 aliphatic heterocycles. The summed E-state index contributed by atoms with van der Waals surface area (Å²) >= 11 is 0. The zero-order chi connectivity index (χ0) is 19.1. The second kappa shape index (κ2) is 6.56. The van der Waals surface area contributed by atoms with Crippen molar-refractivity contribution in [1.82, 2.24) is 9.13 Å². The van der Waals surface area contributed by atoms with Crippen molar-refractivity contribution in [3.8, 4) is 0 Å². The van der Waals surface area contributed by atoms with E-state index in [1.54, 1.807) is 16.7 Å². The molecule has 0 aliphatic rings. The first-order chi connectivity index (χ1) is 12.3. The van der Waals surface area contributed by atoms with Gasteiger partial charge in [-0.15, -0.1) is 0 Å². The fraction of sp³-hybridized carbons (Fsp3) is 0.235. The zero-order valence-electron chi connectivity index (χ0n) is 14.2. The molecule has 0 bridgehead atoms. The van der Waals surface area contributed by atoms with Crippen LogP contribution in [0, 0.1) is 11.6 Å². The Morgan fingerprint density at radius 1 is 0.923 bits per heavy atom. The molecule has 1 N–H and O–H groups in total. The third-order valence-electron chi connectivity index (χ3n) is 4.10. The van der Waals surface area contributed by atoms with Crippen LogP contribution < -0.4 is 10.4 Å². The van der Waals surface area contributed by atoms with E-state index < -0.39 is 26.6 Å². The van der Waals surface area contributed by atoms with E-state index >= 15 is 0 Å². The van der Waals surface area contributed by atoms with E-state index in [9.17, 15) is 22.0 Å².